The minimum absolute atomic E-state index is 0.232. The molecule has 0 saturated carbocycles. The summed E-state index contributed by atoms with van der Waals surface area (Å²) in [6.07, 6.45) is 3.62. The van der Waals surface area contributed by atoms with E-state index in [9.17, 15) is 0 Å². The second-order valence-corrected chi connectivity index (χ2v) is 7.02. The summed E-state index contributed by atoms with van der Waals surface area (Å²) in [4.78, 5) is 12.0. The molecular formula is C18H19N3S. The predicted octanol–water partition coefficient (Wildman–Crippen LogP) is 4.66. The van der Waals surface area contributed by atoms with Crippen LogP contribution in [0.1, 0.15) is 41.2 Å². The summed E-state index contributed by atoms with van der Waals surface area (Å²) in [6.45, 7) is 4.16. The van der Waals surface area contributed by atoms with Crippen LogP contribution in [0.2, 0.25) is 0 Å². The molecule has 0 amide bonds. The van der Waals surface area contributed by atoms with Gasteiger partial charge in [0.05, 0.1) is 5.39 Å². The quantitative estimate of drug-likeness (QED) is 0.764. The lowest BCUT2D eigenvalue weighted by atomic mass is 10.1. The van der Waals surface area contributed by atoms with Gasteiger partial charge in [0.15, 0.2) is 0 Å². The van der Waals surface area contributed by atoms with Crippen molar-refractivity contribution in [3.63, 3.8) is 0 Å². The minimum atomic E-state index is 0.232. The Bertz CT molecular complexity index is 823. The van der Waals surface area contributed by atoms with Crippen LogP contribution in [0.3, 0.4) is 0 Å². The molecule has 0 bridgehead atoms. The summed E-state index contributed by atoms with van der Waals surface area (Å²) in [5.74, 6) is 1.84. The third-order valence-corrected chi connectivity index (χ3v) is 5.51. The van der Waals surface area contributed by atoms with E-state index in [-0.39, 0.29) is 6.04 Å². The third kappa shape index (κ3) is 2.28. The standard InChI is InChI=1S/C18H19N3S/c1-11(13-7-4-3-5-8-13)19-17-16-14-9-6-10-15(14)22-18(16)21-12(2)20-17/h3-5,7-8,11H,6,9-10H2,1-2H3,(H,19,20,21)/t11-/m1/s1. The van der Waals surface area contributed by atoms with Gasteiger partial charge in [-0.05, 0) is 44.2 Å². The van der Waals surface area contributed by atoms with Crippen LogP contribution < -0.4 is 5.32 Å². The van der Waals surface area contributed by atoms with Gasteiger partial charge in [-0.15, -0.1) is 11.3 Å². The lowest BCUT2D eigenvalue weighted by Crippen LogP contribution is -2.09. The Morgan fingerprint density at radius 2 is 1.95 bits per heavy atom. The number of aromatic nitrogens is 2. The Balaban J connectivity index is 1.78. The minimum Gasteiger partial charge on any atom is -0.363 e. The first-order chi connectivity index (χ1) is 10.7. The monoisotopic (exact) mass is 309 g/mol. The van der Waals surface area contributed by atoms with E-state index >= 15 is 0 Å². The molecule has 0 spiro atoms. The predicted molar refractivity (Wildman–Crippen MR) is 92.7 cm³/mol. The molecule has 1 aliphatic rings. The molecule has 0 fully saturated rings. The van der Waals surface area contributed by atoms with Crippen LogP contribution in [-0.4, -0.2) is 9.97 Å². The molecule has 0 saturated heterocycles. The zero-order valence-corrected chi connectivity index (χ0v) is 13.7. The molecule has 4 heteroatoms. The van der Waals surface area contributed by atoms with Crippen molar-refractivity contribution in [3.05, 3.63) is 52.2 Å². The number of fused-ring (bicyclic) bond motifs is 3. The first-order valence-corrected chi connectivity index (χ1v) is 8.64. The van der Waals surface area contributed by atoms with E-state index in [0.717, 1.165) is 22.9 Å². The van der Waals surface area contributed by atoms with Crippen LogP contribution in [0.15, 0.2) is 30.3 Å². The van der Waals surface area contributed by atoms with Crippen LogP contribution in [0, 0.1) is 6.92 Å². The Morgan fingerprint density at radius 1 is 1.14 bits per heavy atom. The molecule has 4 rings (SSSR count). The maximum Gasteiger partial charge on any atom is 0.139 e. The maximum atomic E-state index is 4.70. The third-order valence-electron chi connectivity index (χ3n) is 4.33. The van der Waals surface area contributed by atoms with Crippen molar-refractivity contribution >= 4 is 27.4 Å². The Labute approximate surface area is 134 Å². The summed E-state index contributed by atoms with van der Waals surface area (Å²) >= 11 is 1.85. The molecular weight excluding hydrogens is 290 g/mol. The van der Waals surface area contributed by atoms with E-state index in [2.05, 4.69) is 47.6 Å². The highest BCUT2D eigenvalue weighted by atomic mass is 32.1. The van der Waals surface area contributed by atoms with E-state index in [1.807, 2.05) is 18.3 Å². The van der Waals surface area contributed by atoms with E-state index in [1.54, 1.807) is 0 Å². The number of hydrogen-bond acceptors (Lipinski definition) is 4. The second-order valence-electron chi connectivity index (χ2n) is 5.93. The van der Waals surface area contributed by atoms with Crippen molar-refractivity contribution in [2.24, 2.45) is 0 Å². The van der Waals surface area contributed by atoms with Crippen molar-refractivity contribution in [3.8, 4) is 0 Å². The highest BCUT2D eigenvalue weighted by Gasteiger charge is 2.22. The first-order valence-electron chi connectivity index (χ1n) is 7.83. The number of benzene rings is 1. The topological polar surface area (TPSA) is 37.8 Å². The van der Waals surface area contributed by atoms with Crippen LogP contribution >= 0.6 is 11.3 Å². The van der Waals surface area contributed by atoms with Crippen LogP contribution in [-0.2, 0) is 12.8 Å². The molecule has 1 N–H and O–H groups in total. The van der Waals surface area contributed by atoms with Crippen LogP contribution in [0.25, 0.3) is 10.2 Å². The molecule has 0 unspecified atom stereocenters. The average Bonchev–Trinajstić information content (AvgIpc) is 3.08. The molecule has 0 radical (unpaired) electrons. The van der Waals surface area contributed by atoms with E-state index in [0.29, 0.717) is 0 Å². The number of nitrogens with zero attached hydrogens (tertiary/aromatic N) is 2. The number of anilines is 1. The molecule has 22 heavy (non-hydrogen) atoms. The zero-order valence-electron chi connectivity index (χ0n) is 12.9. The van der Waals surface area contributed by atoms with Gasteiger partial charge >= 0.3 is 0 Å². The molecule has 3 nitrogen and oxygen atoms in total. The van der Waals surface area contributed by atoms with Crippen LogP contribution in [0.4, 0.5) is 5.82 Å². The Hall–Kier alpha value is -1.94. The van der Waals surface area contributed by atoms with Crippen molar-refractivity contribution in [1.82, 2.24) is 9.97 Å². The zero-order chi connectivity index (χ0) is 15.1. The van der Waals surface area contributed by atoms with Gasteiger partial charge in [-0.1, -0.05) is 30.3 Å². The van der Waals surface area contributed by atoms with Gasteiger partial charge in [-0.3, -0.25) is 0 Å². The molecule has 112 valence electrons. The Kier molecular flexibility index (Phi) is 3.34. The summed E-state index contributed by atoms with van der Waals surface area (Å²) in [5.41, 5.74) is 2.75. The molecule has 1 aliphatic carbocycles. The lowest BCUT2D eigenvalue weighted by Gasteiger charge is -2.16. The summed E-state index contributed by atoms with van der Waals surface area (Å²) in [7, 11) is 0. The first kappa shape index (κ1) is 13.7. The van der Waals surface area contributed by atoms with E-state index in [1.165, 1.54) is 34.2 Å². The average molecular weight is 309 g/mol. The van der Waals surface area contributed by atoms with Crippen LogP contribution in [0.5, 0.6) is 0 Å². The fourth-order valence-electron chi connectivity index (χ4n) is 3.24. The number of rotatable bonds is 3. The molecule has 2 heterocycles. The fourth-order valence-corrected chi connectivity index (χ4v) is 4.54. The van der Waals surface area contributed by atoms with Gasteiger partial charge in [0, 0.05) is 10.9 Å². The van der Waals surface area contributed by atoms with E-state index < -0.39 is 0 Å². The Morgan fingerprint density at radius 3 is 2.77 bits per heavy atom. The van der Waals surface area contributed by atoms with Crippen molar-refractivity contribution in [2.45, 2.75) is 39.2 Å². The molecule has 1 atom stereocenters. The van der Waals surface area contributed by atoms with Crippen molar-refractivity contribution in [1.29, 1.82) is 0 Å². The smallest absolute Gasteiger partial charge is 0.139 e. The normalized spacial score (nSPS) is 15.0. The van der Waals surface area contributed by atoms with E-state index in [4.69, 9.17) is 4.98 Å². The lowest BCUT2D eigenvalue weighted by molar-refractivity contribution is 0.871. The number of hydrogen-bond donors (Lipinski definition) is 1. The number of nitrogens with one attached hydrogen (secondary N) is 1. The van der Waals surface area contributed by atoms with Gasteiger partial charge < -0.3 is 5.32 Å². The second kappa shape index (κ2) is 5.36. The SMILES string of the molecule is Cc1nc(N[C@H](C)c2ccccc2)c2c3c(sc2n1)CCC3. The van der Waals surface area contributed by atoms with Crippen molar-refractivity contribution in [2.75, 3.05) is 5.32 Å². The van der Waals surface area contributed by atoms with Gasteiger partial charge in [-0.25, -0.2) is 9.97 Å². The number of aryl methyl sites for hydroxylation is 3. The van der Waals surface area contributed by atoms with Gasteiger partial charge in [0.2, 0.25) is 0 Å². The number of thiophene rings is 1. The molecule has 1 aromatic carbocycles. The summed E-state index contributed by atoms with van der Waals surface area (Å²) in [6, 6.07) is 10.8. The summed E-state index contributed by atoms with van der Waals surface area (Å²) < 4.78 is 0. The molecule has 3 aromatic rings. The molecule has 0 aliphatic heterocycles. The molecule has 2 aromatic heterocycles. The maximum absolute atomic E-state index is 4.70. The fraction of sp³-hybridized carbons (Fsp3) is 0.333. The van der Waals surface area contributed by atoms with Crippen molar-refractivity contribution < 1.29 is 0 Å². The largest absolute Gasteiger partial charge is 0.363 e. The van der Waals surface area contributed by atoms with Gasteiger partial charge in [0.1, 0.15) is 16.5 Å². The highest BCUT2D eigenvalue weighted by Crippen LogP contribution is 2.40. The highest BCUT2D eigenvalue weighted by molar-refractivity contribution is 7.19. The summed E-state index contributed by atoms with van der Waals surface area (Å²) in [5, 5.41) is 4.87. The van der Waals surface area contributed by atoms with Gasteiger partial charge in [0.25, 0.3) is 0 Å². The van der Waals surface area contributed by atoms with Gasteiger partial charge in [-0.2, -0.15) is 0 Å².